The van der Waals surface area contributed by atoms with Gasteiger partial charge in [0.2, 0.25) is 0 Å². The van der Waals surface area contributed by atoms with Crippen LogP contribution in [0.25, 0.3) is 10.8 Å². The summed E-state index contributed by atoms with van der Waals surface area (Å²) < 4.78 is 5.04. The Morgan fingerprint density at radius 1 is 1.16 bits per heavy atom. The van der Waals surface area contributed by atoms with E-state index in [0.29, 0.717) is 13.2 Å². The van der Waals surface area contributed by atoms with E-state index in [1.165, 1.54) is 10.8 Å². The predicted octanol–water partition coefficient (Wildman–Crippen LogP) is 3.87. The quantitative estimate of drug-likeness (QED) is 0.826. The lowest BCUT2D eigenvalue weighted by molar-refractivity contribution is 0.144. The summed E-state index contributed by atoms with van der Waals surface area (Å²) in [6.45, 7) is 3.05. The second-order valence-corrected chi connectivity index (χ2v) is 4.52. The molecule has 0 aromatic heterocycles. The second kappa shape index (κ2) is 6.78. The van der Waals surface area contributed by atoms with Gasteiger partial charge in [0, 0.05) is 6.54 Å². The third-order valence-corrected chi connectivity index (χ3v) is 2.98. The minimum absolute atomic E-state index is 0.346. The maximum atomic E-state index is 11.4. The van der Waals surface area contributed by atoms with Crippen LogP contribution in [0.1, 0.15) is 25.3 Å². The molecule has 0 heterocycles. The van der Waals surface area contributed by atoms with E-state index in [2.05, 4.69) is 36.5 Å². The first-order valence-electron chi connectivity index (χ1n) is 6.68. The number of nitrogens with one attached hydrogen (secondary N) is 1. The number of carbonyl (C=O) groups is 1. The van der Waals surface area contributed by atoms with Crippen molar-refractivity contribution in [2.24, 2.45) is 0 Å². The zero-order valence-electron chi connectivity index (χ0n) is 11.2. The lowest BCUT2D eigenvalue weighted by atomic mass is 10.1. The molecule has 0 aliphatic rings. The Balaban J connectivity index is 1.89. The molecular weight excluding hydrogens is 238 g/mol. The van der Waals surface area contributed by atoms with E-state index in [-0.39, 0.29) is 6.09 Å². The Labute approximate surface area is 113 Å². The Morgan fingerprint density at radius 3 is 2.74 bits per heavy atom. The minimum atomic E-state index is -0.346. The van der Waals surface area contributed by atoms with Crippen molar-refractivity contribution in [2.75, 3.05) is 6.61 Å². The summed E-state index contributed by atoms with van der Waals surface area (Å²) in [5.74, 6) is 0. The van der Waals surface area contributed by atoms with Gasteiger partial charge in [-0.15, -0.1) is 0 Å². The normalized spacial score (nSPS) is 10.4. The molecule has 2 aromatic carbocycles. The number of hydrogen-bond acceptors (Lipinski definition) is 2. The monoisotopic (exact) mass is 257 g/mol. The lowest BCUT2D eigenvalue weighted by Crippen LogP contribution is -2.24. The number of amides is 1. The van der Waals surface area contributed by atoms with E-state index in [1.807, 2.05) is 18.2 Å². The summed E-state index contributed by atoms with van der Waals surface area (Å²) in [7, 11) is 0. The van der Waals surface area contributed by atoms with Crippen molar-refractivity contribution < 1.29 is 9.53 Å². The van der Waals surface area contributed by atoms with Gasteiger partial charge in [-0.3, -0.25) is 0 Å². The van der Waals surface area contributed by atoms with Gasteiger partial charge in [-0.1, -0.05) is 49.7 Å². The van der Waals surface area contributed by atoms with Crippen molar-refractivity contribution in [1.29, 1.82) is 0 Å². The fraction of sp³-hybridized carbons (Fsp3) is 0.312. The van der Waals surface area contributed by atoms with E-state index < -0.39 is 0 Å². The molecular formula is C16H19NO2. The van der Waals surface area contributed by atoms with Crippen LogP contribution >= 0.6 is 0 Å². The average Bonchev–Trinajstić information content (AvgIpc) is 2.45. The van der Waals surface area contributed by atoms with Crippen LogP contribution in [0, 0.1) is 0 Å². The van der Waals surface area contributed by atoms with Crippen LogP contribution in [0.15, 0.2) is 42.5 Å². The molecule has 0 saturated heterocycles. The van der Waals surface area contributed by atoms with Crippen LogP contribution in [0.3, 0.4) is 0 Å². The third kappa shape index (κ3) is 3.98. The SMILES string of the molecule is CCCCOC(=O)NCc1ccc2ccccc2c1. The molecule has 100 valence electrons. The first-order valence-corrected chi connectivity index (χ1v) is 6.68. The van der Waals surface area contributed by atoms with Crippen LogP contribution in [0.5, 0.6) is 0 Å². The lowest BCUT2D eigenvalue weighted by Gasteiger charge is -2.07. The summed E-state index contributed by atoms with van der Waals surface area (Å²) in [6, 6.07) is 14.3. The molecule has 0 fully saturated rings. The molecule has 0 aliphatic heterocycles. The fourth-order valence-corrected chi connectivity index (χ4v) is 1.88. The number of alkyl carbamates (subject to hydrolysis) is 1. The molecule has 0 aliphatic carbocycles. The smallest absolute Gasteiger partial charge is 0.407 e. The van der Waals surface area contributed by atoms with Crippen LogP contribution in [0.2, 0.25) is 0 Å². The van der Waals surface area contributed by atoms with Gasteiger partial charge in [0.15, 0.2) is 0 Å². The highest BCUT2D eigenvalue weighted by Gasteiger charge is 2.02. The van der Waals surface area contributed by atoms with Crippen molar-refractivity contribution in [3.05, 3.63) is 48.0 Å². The number of benzene rings is 2. The molecule has 2 rings (SSSR count). The third-order valence-electron chi connectivity index (χ3n) is 2.98. The van der Waals surface area contributed by atoms with Gasteiger partial charge in [0.05, 0.1) is 6.61 Å². The van der Waals surface area contributed by atoms with E-state index in [4.69, 9.17) is 4.74 Å². The van der Waals surface area contributed by atoms with E-state index >= 15 is 0 Å². The molecule has 0 unspecified atom stereocenters. The molecule has 1 amide bonds. The van der Waals surface area contributed by atoms with Crippen LogP contribution in [-0.4, -0.2) is 12.7 Å². The highest BCUT2D eigenvalue weighted by molar-refractivity contribution is 5.83. The van der Waals surface area contributed by atoms with E-state index in [9.17, 15) is 4.79 Å². The maximum Gasteiger partial charge on any atom is 0.407 e. The topological polar surface area (TPSA) is 38.3 Å². The molecule has 2 aromatic rings. The van der Waals surface area contributed by atoms with Crippen molar-refractivity contribution in [3.8, 4) is 0 Å². The van der Waals surface area contributed by atoms with Gasteiger partial charge in [-0.05, 0) is 28.8 Å². The Hall–Kier alpha value is -2.03. The van der Waals surface area contributed by atoms with Crippen molar-refractivity contribution in [2.45, 2.75) is 26.3 Å². The molecule has 3 nitrogen and oxygen atoms in total. The highest BCUT2D eigenvalue weighted by Crippen LogP contribution is 2.15. The molecule has 0 saturated carbocycles. The van der Waals surface area contributed by atoms with Crippen LogP contribution in [-0.2, 0) is 11.3 Å². The van der Waals surface area contributed by atoms with Crippen molar-refractivity contribution in [1.82, 2.24) is 5.32 Å². The van der Waals surface area contributed by atoms with Crippen molar-refractivity contribution in [3.63, 3.8) is 0 Å². The molecule has 0 spiro atoms. The minimum Gasteiger partial charge on any atom is -0.450 e. The molecule has 0 radical (unpaired) electrons. The maximum absolute atomic E-state index is 11.4. The number of ether oxygens (including phenoxy) is 1. The highest BCUT2D eigenvalue weighted by atomic mass is 16.5. The van der Waals surface area contributed by atoms with E-state index in [0.717, 1.165) is 18.4 Å². The molecule has 1 N–H and O–H groups in total. The first-order chi connectivity index (χ1) is 9.29. The Kier molecular flexibility index (Phi) is 4.78. The number of carbonyl (C=O) groups excluding carboxylic acids is 1. The van der Waals surface area contributed by atoms with Gasteiger partial charge in [0.1, 0.15) is 0 Å². The van der Waals surface area contributed by atoms with E-state index in [1.54, 1.807) is 0 Å². The second-order valence-electron chi connectivity index (χ2n) is 4.52. The summed E-state index contributed by atoms with van der Waals surface area (Å²) in [5, 5.41) is 5.15. The molecule has 0 atom stereocenters. The number of rotatable bonds is 5. The average molecular weight is 257 g/mol. The van der Waals surface area contributed by atoms with Gasteiger partial charge in [0.25, 0.3) is 0 Å². The van der Waals surface area contributed by atoms with Gasteiger partial charge in [-0.2, -0.15) is 0 Å². The number of unbranched alkanes of at least 4 members (excludes halogenated alkanes) is 1. The molecule has 3 heteroatoms. The van der Waals surface area contributed by atoms with Crippen molar-refractivity contribution >= 4 is 16.9 Å². The zero-order chi connectivity index (χ0) is 13.5. The van der Waals surface area contributed by atoms with Gasteiger partial charge < -0.3 is 10.1 Å². The standard InChI is InChI=1S/C16H19NO2/c1-2-3-10-19-16(18)17-12-13-8-9-14-6-4-5-7-15(14)11-13/h4-9,11H,2-3,10,12H2,1H3,(H,17,18). The molecule has 0 bridgehead atoms. The first kappa shape index (κ1) is 13.4. The number of hydrogen-bond donors (Lipinski definition) is 1. The zero-order valence-corrected chi connectivity index (χ0v) is 11.2. The summed E-state index contributed by atoms with van der Waals surface area (Å²) in [6.07, 6.45) is 1.59. The Morgan fingerprint density at radius 2 is 1.95 bits per heavy atom. The summed E-state index contributed by atoms with van der Waals surface area (Å²) in [4.78, 5) is 11.4. The van der Waals surface area contributed by atoms with Gasteiger partial charge >= 0.3 is 6.09 Å². The predicted molar refractivity (Wildman–Crippen MR) is 77.0 cm³/mol. The summed E-state index contributed by atoms with van der Waals surface area (Å²) in [5.41, 5.74) is 1.08. The number of fused-ring (bicyclic) bond motifs is 1. The summed E-state index contributed by atoms with van der Waals surface area (Å²) >= 11 is 0. The fourth-order valence-electron chi connectivity index (χ4n) is 1.88. The van der Waals surface area contributed by atoms with Crippen LogP contribution in [0.4, 0.5) is 4.79 Å². The van der Waals surface area contributed by atoms with Gasteiger partial charge in [-0.25, -0.2) is 4.79 Å². The van der Waals surface area contributed by atoms with Crippen LogP contribution < -0.4 is 5.32 Å². The largest absolute Gasteiger partial charge is 0.450 e. The Bertz CT molecular complexity index is 551. The molecule has 19 heavy (non-hydrogen) atoms.